The zero-order chi connectivity index (χ0) is 79.0. The number of rotatable bonds is 18. The van der Waals surface area contributed by atoms with Crippen LogP contribution in [0.15, 0.2) is 11.6 Å². The third-order valence-corrected chi connectivity index (χ3v) is 27.2. The first-order chi connectivity index (χ1) is 50.6. The van der Waals surface area contributed by atoms with Crippen molar-refractivity contribution in [1.29, 1.82) is 0 Å². The molecule has 7 heterocycles. The lowest BCUT2D eigenvalue weighted by molar-refractivity contribution is -0.389. The van der Waals surface area contributed by atoms with Crippen molar-refractivity contribution in [2.24, 2.45) is 50.2 Å². The maximum absolute atomic E-state index is 16.1. The standard InChI is InChI=1S/C71H112O37/c1-24-36(77)39(80)45(86)59(96-24)103-52-26(3)98-63(56(49(52)90)107-60-48(89)44(85)51(25(2)97-60)102-58-50(91)53(29(75)22-95-58)104-61-46(87)40(81)37(78)30(20-72)99-61)108-65(94)71-17-16-66(4,5)18-28(71)27-10-11-33-67(6)14-13-35(68(7,23-74)32(67)12-15-69(33,8)70(27,9)19-34(71)76)101-64-55(43(84)42(83)54(105-64)57(92)93)106-62-47(88)41(82)38(79)31(21-73)100-62/h10,23-26,28-56,58-64,72-73,75-91H,11-22H2,1-9H3,(H,92,93)/t24-,25+,26-,28+,29-,30-,31-,32-,33-,34-,35+,36+,37-,38+,39+,40+,41+,42+,43+,44+,45-,46-,47-,48-,49+,50-,51+,52+,53+,54+,55-,56-,58+,59+,60+,61+,62+,63+,64-,67+,68+,69-,70-,71-/m1/s1. The molecule has 0 bridgehead atoms. The number of aliphatic hydroxyl groups is 19. The number of aliphatic carboxylic acids is 1. The van der Waals surface area contributed by atoms with E-state index in [-0.39, 0.29) is 25.2 Å². The van der Waals surface area contributed by atoms with Gasteiger partial charge in [-0.2, -0.15) is 0 Å². The molecular formula is C71H112O37. The number of aliphatic hydroxyl groups excluding tert-OH is 19. The number of hydrogen-bond acceptors (Lipinski definition) is 36. The first-order valence-electron chi connectivity index (χ1n) is 37.5. The first-order valence-corrected chi connectivity index (χ1v) is 37.5. The molecule has 0 unspecified atom stereocenters. The fourth-order valence-electron chi connectivity index (χ4n) is 20.5. The van der Waals surface area contributed by atoms with Gasteiger partial charge in [-0.25, -0.2) is 4.79 Å². The Bertz CT molecular complexity index is 3170. The van der Waals surface area contributed by atoms with Gasteiger partial charge in [-0.15, -0.1) is 0 Å². The van der Waals surface area contributed by atoms with Crippen LogP contribution in [0, 0.1) is 50.2 Å². The van der Waals surface area contributed by atoms with Crippen LogP contribution in [0.1, 0.15) is 120 Å². The Labute approximate surface area is 621 Å². The van der Waals surface area contributed by atoms with E-state index in [1.165, 1.54) is 20.8 Å². The van der Waals surface area contributed by atoms with Gasteiger partial charge in [-0.05, 0) is 118 Å². The normalized spacial score (nSPS) is 55.3. The maximum Gasteiger partial charge on any atom is 0.335 e. The molecule has 0 aromatic carbocycles. The number of aldehydes is 1. The molecule has 44 atom stereocenters. The van der Waals surface area contributed by atoms with Crippen LogP contribution in [-0.4, -0.2) is 361 Å². The minimum Gasteiger partial charge on any atom is -0.479 e. The van der Waals surface area contributed by atoms with Gasteiger partial charge in [0.2, 0.25) is 6.29 Å². The fourth-order valence-corrected chi connectivity index (χ4v) is 20.5. The first kappa shape index (κ1) is 84.5. The van der Waals surface area contributed by atoms with Crippen molar-refractivity contribution in [3.8, 4) is 0 Å². The highest BCUT2D eigenvalue weighted by atomic mass is 16.8. The van der Waals surface area contributed by atoms with Gasteiger partial charge in [-0.1, -0.05) is 53.2 Å². The number of hydrogen-bond donors (Lipinski definition) is 20. The Hall–Kier alpha value is -2.93. The number of allylic oxidation sites excluding steroid dienone is 2. The van der Waals surface area contributed by atoms with E-state index in [2.05, 4.69) is 40.7 Å². The minimum atomic E-state index is -2.14. The van der Waals surface area contributed by atoms with E-state index in [4.69, 9.17) is 66.3 Å². The molecule has 7 saturated heterocycles. The Morgan fingerprint density at radius 3 is 1.56 bits per heavy atom. The number of carbonyl (C=O) groups excluding carboxylic acids is 2. The van der Waals surface area contributed by atoms with Gasteiger partial charge in [0, 0.05) is 0 Å². The molecule has 4 saturated carbocycles. The molecule has 108 heavy (non-hydrogen) atoms. The number of ether oxygens (including phenoxy) is 14. The number of esters is 1. The van der Waals surface area contributed by atoms with Gasteiger partial charge in [-0.3, -0.25) is 4.79 Å². The SMILES string of the molecule is C[C@@H]1O[C@@H](O[C@H]2[C@H](OC(=O)[C@]34CCC(C)(C)C[C@H]3C3=CC[C@@H]5[C@@]6(C)CC[C@H](O[C@@H]7O[C@H](C(=O)O)[C@@H](O)[C@H](O)[C@H]7O[C@@H]7O[C@H](CO)[C@H](O)[C@H](O)[C@H]7O)[C@@](C)(C=O)[C@@H]6CC[C@@]5(C)[C@]3(C)C[C@H]4O)O[C@H](C)[C@H](O[C@@H]3O[C@H](C)[C@H](O)[C@H](O)[C@H]3O)[C@@H]2O)[C@H](O)[C@H](O)[C@H]1O[C@@H]1OC[C@@H](O)[C@H](O[C@@H]2O[C@H](CO)[C@@H](O)[C@H](O)[C@H]2O)[C@H]1O. The van der Waals surface area contributed by atoms with E-state index in [1.807, 2.05) is 0 Å². The zero-order valence-corrected chi connectivity index (χ0v) is 61.5. The molecule has 0 spiro atoms. The molecule has 5 aliphatic carbocycles. The zero-order valence-electron chi connectivity index (χ0n) is 61.5. The van der Waals surface area contributed by atoms with Crippen LogP contribution in [0.3, 0.4) is 0 Å². The summed E-state index contributed by atoms with van der Waals surface area (Å²) in [6.07, 6.45) is -57.9. The van der Waals surface area contributed by atoms with Crippen LogP contribution in [0.2, 0.25) is 0 Å². The third kappa shape index (κ3) is 14.3. The number of carboxylic acids is 1. The quantitative estimate of drug-likeness (QED) is 0.0263. The van der Waals surface area contributed by atoms with Crippen LogP contribution in [0.5, 0.6) is 0 Å². The summed E-state index contributed by atoms with van der Waals surface area (Å²) in [5.74, 6) is -4.03. The van der Waals surface area contributed by atoms with E-state index in [1.54, 1.807) is 6.92 Å². The van der Waals surface area contributed by atoms with Crippen molar-refractivity contribution in [3.05, 3.63) is 11.6 Å². The summed E-state index contributed by atoms with van der Waals surface area (Å²) in [6, 6.07) is 0. The number of carboxylic acid groups (broad SMARTS) is 1. The van der Waals surface area contributed by atoms with Gasteiger partial charge in [0.1, 0.15) is 146 Å². The molecule has 0 radical (unpaired) electrons. The molecule has 7 aliphatic heterocycles. The van der Waals surface area contributed by atoms with Crippen LogP contribution in [0.25, 0.3) is 0 Å². The fraction of sp³-hybridized carbons (Fsp3) is 0.930. The van der Waals surface area contributed by atoms with Gasteiger partial charge >= 0.3 is 11.9 Å². The molecular weight excluding hydrogens is 1440 g/mol. The largest absolute Gasteiger partial charge is 0.479 e. The average molecular weight is 1560 g/mol. The predicted molar refractivity (Wildman–Crippen MR) is 353 cm³/mol. The van der Waals surface area contributed by atoms with E-state index in [0.717, 1.165) is 11.9 Å². The van der Waals surface area contributed by atoms with Crippen molar-refractivity contribution < 1.29 is 183 Å². The van der Waals surface area contributed by atoms with E-state index >= 15 is 4.79 Å². The monoisotopic (exact) mass is 1560 g/mol. The van der Waals surface area contributed by atoms with Crippen molar-refractivity contribution in [3.63, 3.8) is 0 Å². The lowest BCUT2D eigenvalue weighted by atomic mass is 9.33. The van der Waals surface area contributed by atoms with Crippen LogP contribution in [-0.2, 0) is 80.7 Å². The molecule has 0 amide bonds. The third-order valence-electron chi connectivity index (χ3n) is 27.2. The summed E-state index contributed by atoms with van der Waals surface area (Å²) >= 11 is 0. The second-order valence-corrected chi connectivity index (χ2v) is 34.0. The number of fused-ring (bicyclic) bond motifs is 7. The smallest absolute Gasteiger partial charge is 0.335 e. The highest BCUT2D eigenvalue weighted by molar-refractivity contribution is 5.80. The van der Waals surface area contributed by atoms with Crippen molar-refractivity contribution >= 4 is 18.2 Å². The average Bonchev–Trinajstić information content (AvgIpc) is 0.670. The molecule has 37 heteroatoms. The Balaban J connectivity index is 0.797. The molecule has 12 rings (SSSR count). The summed E-state index contributed by atoms with van der Waals surface area (Å²) in [5, 5.41) is 221. The molecule has 618 valence electrons. The predicted octanol–water partition coefficient (Wildman–Crippen LogP) is -6.60. The minimum absolute atomic E-state index is 0.0166. The van der Waals surface area contributed by atoms with Crippen LogP contribution < -0.4 is 0 Å². The van der Waals surface area contributed by atoms with E-state index in [9.17, 15) is 112 Å². The second-order valence-electron chi connectivity index (χ2n) is 34.0. The van der Waals surface area contributed by atoms with E-state index < -0.39 is 297 Å². The molecule has 20 N–H and O–H groups in total. The van der Waals surface area contributed by atoms with Gasteiger partial charge in [0.15, 0.2) is 49.9 Å². The van der Waals surface area contributed by atoms with Crippen LogP contribution in [0.4, 0.5) is 0 Å². The lowest BCUT2D eigenvalue weighted by Crippen LogP contribution is -2.69. The molecule has 0 aromatic heterocycles. The highest BCUT2D eigenvalue weighted by Crippen LogP contribution is 2.76. The second kappa shape index (κ2) is 31.6. The summed E-state index contributed by atoms with van der Waals surface area (Å²) in [6.45, 7) is 14.1. The molecule has 0 aromatic rings. The summed E-state index contributed by atoms with van der Waals surface area (Å²) in [4.78, 5) is 42.6. The molecule has 37 nitrogen and oxygen atoms in total. The number of carbonyl (C=O) groups is 3. The van der Waals surface area contributed by atoms with Crippen molar-refractivity contribution in [2.75, 3.05) is 19.8 Å². The summed E-state index contributed by atoms with van der Waals surface area (Å²) in [7, 11) is 0. The van der Waals surface area contributed by atoms with E-state index in [0.29, 0.717) is 38.5 Å². The van der Waals surface area contributed by atoms with Crippen molar-refractivity contribution in [1.82, 2.24) is 0 Å². The van der Waals surface area contributed by atoms with Crippen LogP contribution >= 0.6 is 0 Å². The molecule has 11 fully saturated rings. The Morgan fingerprint density at radius 2 is 0.981 bits per heavy atom. The molecule has 12 aliphatic rings. The van der Waals surface area contributed by atoms with Gasteiger partial charge in [0.25, 0.3) is 0 Å². The summed E-state index contributed by atoms with van der Waals surface area (Å²) < 4.78 is 84.0. The highest BCUT2D eigenvalue weighted by Gasteiger charge is 2.73. The topological polar surface area (TPSA) is 585 Å². The van der Waals surface area contributed by atoms with Crippen molar-refractivity contribution in [2.45, 2.75) is 341 Å². The summed E-state index contributed by atoms with van der Waals surface area (Å²) in [5.41, 5.74) is -4.85. The Morgan fingerprint density at radius 1 is 0.481 bits per heavy atom. The van der Waals surface area contributed by atoms with Gasteiger partial charge in [0.05, 0.1) is 55.8 Å². The maximum atomic E-state index is 16.1. The Kier molecular flexibility index (Phi) is 24.7. The lowest BCUT2D eigenvalue weighted by Gasteiger charge is -2.71. The van der Waals surface area contributed by atoms with Gasteiger partial charge < -0.3 is 173 Å².